The lowest BCUT2D eigenvalue weighted by Crippen LogP contribution is -2.30. The Morgan fingerprint density at radius 2 is 1.77 bits per heavy atom. The van der Waals surface area contributed by atoms with Gasteiger partial charge in [0, 0.05) is 12.0 Å². The topological polar surface area (TPSA) is 52.6 Å². The number of ether oxygens (including phenoxy) is 2. The minimum absolute atomic E-state index is 0.0643. The monoisotopic (exact) mass is 310 g/mol. The van der Waals surface area contributed by atoms with Crippen LogP contribution < -0.4 is 9.47 Å². The van der Waals surface area contributed by atoms with E-state index in [1.165, 1.54) is 6.07 Å². The molecule has 22 heavy (non-hydrogen) atoms. The van der Waals surface area contributed by atoms with Crippen LogP contribution in [0.4, 0.5) is 4.39 Å². The van der Waals surface area contributed by atoms with E-state index < -0.39 is 23.7 Å². The summed E-state index contributed by atoms with van der Waals surface area (Å²) in [6.07, 6.45) is -1.67. The van der Waals surface area contributed by atoms with Gasteiger partial charge in [0.1, 0.15) is 11.5 Å². The van der Waals surface area contributed by atoms with Crippen LogP contribution in [0, 0.1) is 5.92 Å². The molecule has 1 rings (SSSR count). The number of ketones is 2. The third-order valence-electron chi connectivity index (χ3n) is 3.41. The molecule has 1 aromatic carbocycles. The molecule has 1 aromatic rings. The molecule has 0 aliphatic carbocycles. The van der Waals surface area contributed by atoms with Crippen molar-refractivity contribution in [2.24, 2.45) is 5.92 Å². The van der Waals surface area contributed by atoms with E-state index in [1.807, 2.05) is 6.92 Å². The van der Waals surface area contributed by atoms with Crippen LogP contribution in [0.25, 0.3) is 0 Å². The molecule has 0 aromatic heterocycles. The van der Waals surface area contributed by atoms with E-state index in [2.05, 4.69) is 0 Å². The molecular weight excluding hydrogens is 287 g/mol. The molecular formula is C17H23FO4. The van der Waals surface area contributed by atoms with Gasteiger partial charge in [0.25, 0.3) is 0 Å². The predicted molar refractivity (Wildman–Crippen MR) is 82.5 cm³/mol. The fourth-order valence-corrected chi connectivity index (χ4v) is 1.95. The molecule has 0 aliphatic rings. The molecule has 0 heterocycles. The molecule has 0 N–H and O–H groups in total. The number of rotatable bonds is 9. The summed E-state index contributed by atoms with van der Waals surface area (Å²) in [6.45, 7) is 7.79. The first-order chi connectivity index (χ1) is 10.5. The zero-order valence-corrected chi connectivity index (χ0v) is 13.5. The fraction of sp³-hybridized carbons (Fsp3) is 0.529. The molecule has 0 fully saturated rings. The highest BCUT2D eigenvalue weighted by Crippen LogP contribution is 2.27. The number of Topliss-reactive ketones (excluding diaryl/α,β-unsaturated/α-hetero) is 2. The quantitative estimate of drug-likeness (QED) is 0.516. The standard InChI is InChI=1S/C17H23FO4/c1-5-11(4)16(19)15(18)17(20)13-9-8-12(21-6-2)10-14(13)22-7-3/h8-11,15H,5-7H2,1-4H3. The smallest absolute Gasteiger partial charge is 0.221 e. The third kappa shape index (κ3) is 4.29. The van der Waals surface area contributed by atoms with Gasteiger partial charge in [0.2, 0.25) is 12.0 Å². The Hall–Kier alpha value is -1.91. The minimum Gasteiger partial charge on any atom is -0.494 e. The van der Waals surface area contributed by atoms with Crippen molar-refractivity contribution in [2.45, 2.75) is 40.3 Å². The van der Waals surface area contributed by atoms with Gasteiger partial charge in [-0.1, -0.05) is 13.8 Å². The first-order valence-electron chi connectivity index (χ1n) is 7.57. The predicted octanol–water partition coefficient (Wildman–Crippen LogP) is 3.62. The average molecular weight is 310 g/mol. The highest BCUT2D eigenvalue weighted by atomic mass is 19.1. The second kappa shape index (κ2) is 8.51. The van der Waals surface area contributed by atoms with Crippen molar-refractivity contribution in [3.05, 3.63) is 23.8 Å². The molecule has 0 saturated heterocycles. The molecule has 2 atom stereocenters. The van der Waals surface area contributed by atoms with Gasteiger partial charge < -0.3 is 9.47 Å². The van der Waals surface area contributed by atoms with E-state index in [0.717, 1.165) is 0 Å². The van der Waals surface area contributed by atoms with Crippen LogP contribution in [0.3, 0.4) is 0 Å². The summed E-state index contributed by atoms with van der Waals surface area (Å²) in [5, 5.41) is 0. The number of hydrogen-bond donors (Lipinski definition) is 0. The maximum Gasteiger partial charge on any atom is 0.221 e. The van der Waals surface area contributed by atoms with Crippen LogP contribution in [0.1, 0.15) is 44.5 Å². The van der Waals surface area contributed by atoms with E-state index in [9.17, 15) is 14.0 Å². The Kier molecular flexibility index (Phi) is 7.02. The zero-order chi connectivity index (χ0) is 16.7. The molecule has 0 saturated carbocycles. The first-order valence-corrected chi connectivity index (χ1v) is 7.57. The second-order valence-electron chi connectivity index (χ2n) is 4.96. The van der Waals surface area contributed by atoms with Crippen molar-refractivity contribution in [3.63, 3.8) is 0 Å². The molecule has 4 nitrogen and oxygen atoms in total. The Labute approximate surface area is 130 Å². The van der Waals surface area contributed by atoms with Crippen molar-refractivity contribution in [1.29, 1.82) is 0 Å². The van der Waals surface area contributed by atoms with Gasteiger partial charge in [-0.2, -0.15) is 0 Å². The van der Waals surface area contributed by atoms with E-state index in [1.54, 1.807) is 32.9 Å². The van der Waals surface area contributed by atoms with Crippen LogP contribution in [-0.4, -0.2) is 31.0 Å². The Morgan fingerprint density at radius 3 is 2.32 bits per heavy atom. The van der Waals surface area contributed by atoms with Gasteiger partial charge in [-0.25, -0.2) is 4.39 Å². The van der Waals surface area contributed by atoms with Crippen molar-refractivity contribution in [3.8, 4) is 11.5 Å². The lowest BCUT2D eigenvalue weighted by atomic mass is 9.94. The van der Waals surface area contributed by atoms with Crippen LogP contribution in [0.15, 0.2) is 18.2 Å². The third-order valence-corrected chi connectivity index (χ3v) is 3.41. The van der Waals surface area contributed by atoms with Crippen molar-refractivity contribution in [2.75, 3.05) is 13.2 Å². The number of alkyl halides is 1. The van der Waals surface area contributed by atoms with Crippen molar-refractivity contribution < 1.29 is 23.5 Å². The molecule has 0 amide bonds. The molecule has 122 valence electrons. The average Bonchev–Trinajstić information content (AvgIpc) is 2.53. The second-order valence-corrected chi connectivity index (χ2v) is 4.96. The van der Waals surface area contributed by atoms with E-state index in [0.29, 0.717) is 25.4 Å². The zero-order valence-electron chi connectivity index (χ0n) is 13.5. The largest absolute Gasteiger partial charge is 0.494 e. The van der Waals surface area contributed by atoms with Crippen molar-refractivity contribution in [1.82, 2.24) is 0 Å². The number of benzene rings is 1. The number of hydrogen-bond acceptors (Lipinski definition) is 4. The summed E-state index contributed by atoms with van der Waals surface area (Å²) < 4.78 is 24.9. The van der Waals surface area contributed by atoms with Gasteiger partial charge in [-0.3, -0.25) is 9.59 Å². The number of carbonyl (C=O) groups is 2. The minimum atomic E-state index is -2.16. The lowest BCUT2D eigenvalue weighted by Gasteiger charge is -2.15. The summed E-state index contributed by atoms with van der Waals surface area (Å²) in [5.74, 6) is -1.28. The van der Waals surface area contributed by atoms with Crippen LogP contribution in [0.2, 0.25) is 0 Å². The molecule has 0 spiro atoms. The van der Waals surface area contributed by atoms with Crippen LogP contribution in [0.5, 0.6) is 11.5 Å². The SMILES string of the molecule is CCOc1ccc(C(=O)C(F)C(=O)C(C)CC)c(OCC)c1. The first kappa shape index (κ1) is 18.1. The summed E-state index contributed by atoms with van der Waals surface area (Å²) in [5.41, 5.74) is 0.0643. The Balaban J connectivity index is 3.08. The molecule has 0 bridgehead atoms. The van der Waals surface area contributed by atoms with E-state index >= 15 is 0 Å². The molecule has 2 unspecified atom stereocenters. The van der Waals surface area contributed by atoms with E-state index in [4.69, 9.17) is 9.47 Å². The van der Waals surface area contributed by atoms with E-state index in [-0.39, 0.29) is 11.3 Å². The Bertz CT molecular complexity index is 527. The summed E-state index contributed by atoms with van der Waals surface area (Å²) in [4.78, 5) is 24.1. The van der Waals surface area contributed by atoms with Crippen molar-refractivity contribution >= 4 is 11.6 Å². The number of carbonyl (C=O) groups excluding carboxylic acids is 2. The molecule has 5 heteroatoms. The van der Waals surface area contributed by atoms with Gasteiger partial charge in [0.15, 0.2) is 5.78 Å². The Morgan fingerprint density at radius 1 is 1.14 bits per heavy atom. The van der Waals surface area contributed by atoms with Gasteiger partial charge >= 0.3 is 0 Å². The number of halogens is 1. The molecule has 0 radical (unpaired) electrons. The van der Waals surface area contributed by atoms with Gasteiger partial charge in [-0.15, -0.1) is 0 Å². The maximum absolute atomic E-state index is 14.2. The van der Waals surface area contributed by atoms with Crippen LogP contribution in [-0.2, 0) is 4.79 Å². The maximum atomic E-state index is 14.2. The fourth-order valence-electron chi connectivity index (χ4n) is 1.95. The van der Waals surface area contributed by atoms with Crippen LogP contribution >= 0.6 is 0 Å². The highest BCUT2D eigenvalue weighted by Gasteiger charge is 2.31. The summed E-state index contributed by atoms with van der Waals surface area (Å²) >= 11 is 0. The summed E-state index contributed by atoms with van der Waals surface area (Å²) in [7, 11) is 0. The van der Waals surface area contributed by atoms with Gasteiger partial charge in [0.05, 0.1) is 18.8 Å². The highest BCUT2D eigenvalue weighted by molar-refractivity contribution is 6.14. The lowest BCUT2D eigenvalue weighted by molar-refractivity contribution is -0.125. The normalized spacial score (nSPS) is 13.3. The van der Waals surface area contributed by atoms with Gasteiger partial charge in [-0.05, 0) is 32.4 Å². The summed E-state index contributed by atoms with van der Waals surface area (Å²) in [6, 6.07) is 4.55. The molecule has 0 aliphatic heterocycles.